The van der Waals surface area contributed by atoms with Gasteiger partial charge in [0.05, 0.1) is 18.0 Å². The Morgan fingerprint density at radius 3 is 2.61 bits per heavy atom. The van der Waals surface area contributed by atoms with Gasteiger partial charge in [-0.1, -0.05) is 13.8 Å². The summed E-state index contributed by atoms with van der Waals surface area (Å²) < 4.78 is 17.7. The Morgan fingerprint density at radius 2 is 1.84 bits per heavy atom. The zero-order valence-electron chi connectivity index (χ0n) is 18.4. The average molecular weight is 421 g/mol. The second kappa shape index (κ2) is 9.22. The number of hydrogen-bond donors (Lipinski definition) is 1. The van der Waals surface area contributed by atoms with Gasteiger partial charge in [0.1, 0.15) is 18.7 Å². The molecule has 0 atom stereocenters. The van der Waals surface area contributed by atoms with Gasteiger partial charge in [-0.2, -0.15) is 0 Å². The number of H-pyrrole nitrogens is 1. The molecule has 2 aromatic heterocycles. The lowest BCUT2D eigenvalue weighted by atomic mass is 10.2. The molecule has 7 heteroatoms. The molecule has 4 rings (SSSR count). The minimum atomic E-state index is 0.476. The summed E-state index contributed by atoms with van der Waals surface area (Å²) in [7, 11) is 1.63. The molecule has 0 saturated heterocycles. The summed E-state index contributed by atoms with van der Waals surface area (Å²) in [6.07, 6.45) is 1.50. The van der Waals surface area contributed by atoms with Crippen LogP contribution in [0.5, 0.6) is 23.1 Å². The summed E-state index contributed by atoms with van der Waals surface area (Å²) in [5, 5.41) is 1.86. The SMILES string of the molecule is CCN(CC)CCOc1cc2ncnc(Oc3ccc4[nH]c(C)cc4c3)c2cc1OC. The van der Waals surface area contributed by atoms with Crippen LogP contribution in [0.15, 0.2) is 42.7 Å². The minimum Gasteiger partial charge on any atom is -0.493 e. The number of hydrogen-bond acceptors (Lipinski definition) is 6. The first kappa shape index (κ1) is 20.9. The maximum Gasteiger partial charge on any atom is 0.230 e. The number of aromatic nitrogens is 3. The Labute approximate surface area is 182 Å². The molecular weight excluding hydrogens is 392 g/mol. The van der Waals surface area contributed by atoms with Crippen molar-refractivity contribution in [2.24, 2.45) is 0 Å². The van der Waals surface area contributed by atoms with Crippen LogP contribution in [0.1, 0.15) is 19.5 Å². The molecule has 0 aliphatic rings. The Kier molecular flexibility index (Phi) is 6.23. The molecule has 7 nitrogen and oxygen atoms in total. The van der Waals surface area contributed by atoms with Gasteiger partial charge in [0.15, 0.2) is 11.5 Å². The van der Waals surface area contributed by atoms with Gasteiger partial charge in [-0.25, -0.2) is 9.97 Å². The van der Waals surface area contributed by atoms with E-state index in [0.29, 0.717) is 29.7 Å². The fourth-order valence-corrected chi connectivity index (χ4v) is 3.65. The molecule has 0 bridgehead atoms. The highest BCUT2D eigenvalue weighted by Gasteiger charge is 2.14. The topological polar surface area (TPSA) is 72.5 Å². The number of fused-ring (bicyclic) bond motifs is 2. The molecule has 0 radical (unpaired) electrons. The number of aryl methyl sites for hydroxylation is 1. The van der Waals surface area contributed by atoms with Gasteiger partial charge >= 0.3 is 0 Å². The van der Waals surface area contributed by atoms with Crippen LogP contribution in [-0.4, -0.2) is 53.2 Å². The highest BCUT2D eigenvalue weighted by molar-refractivity contribution is 5.87. The average Bonchev–Trinajstić information content (AvgIpc) is 3.15. The van der Waals surface area contributed by atoms with Crippen molar-refractivity contribution in [3.05, 3.63) is 48.4 Å². The molecule has 0 spiro atoms. The molecular formula is C24H28N4O3. The maximum absolute atomic E-state index is 6.12. The molecule has 0 saturated carbocycles. The number of nitrogens with zero attached hydrogens (tertiary/aromatic N) is 3. The van der Waals surface area contributed by atoms with E-state index in [-0.39, 0.29) is 0 Å². The molecule has 1 N–H and O–H groups in total. The highest BCUT2D eigenvalue weighted by Crippen LogP contribution is 2.36. The molecule has 0 unspecified atom stereocenters. The molecule has 0 aliphatic heterocycles. The van der Waals surface area contributed by atoms with E-state index < -0.39 is 0 Å². The first-order chi connectivity index (χ1) is 15.1. The Bertz CT molecular complexity index is 1180. The maximum atomic E-state index is 6.12. The summed E-state index contributed by atoms with van der Waals surface area (Å²) in [6, 6.07) is 11.8. The summed E-state index contributed by atoms with van der Waals surface area (Å²) in [4.78, 5) is 14.4. The van der Waals surface area contributed by atoms with Crippen molar-refractivity contribution >= 4 is 21.8 Å². The molecule has 2 heterocycles. The van der Waals surface area contributed by atoms with E-state index in [2.05, 4.69) is 39.8 Å². The summed E-state index contributed by atoms with van der Waals surface area (Å²) in [5.74, 6) is 2.48. The number of ether oxygens (including phenoxy) is 3. The molecule has 2 aromatic carbocycles. The van der Waals surface area contributed by atoms with Crippen LogP contribution < -0.4 is 14.2 Å². The lowest BCUT2D eigenvalue weighted by molar-refractivity contribution is 0.217. The summed E-state index contributed by atoms with van der Waals surface area (Å²) in [5.41, 5.74) is 2.92. The quantitative estimate of drug-likeness (QED) is 0.413. The monoisotopic (exact) mass is 420 g/mol. The summed E-state index contributed by atoms with van der Waals surface area (Å²) >= 11 is 0. The van der Waals surface area contributed by atoms with Crippen LogP contribution in [0.2, 0.25) is 0 Å². The molecule has 0 fully saturated rings. The van der Waals surface area contributed by atoms with Crippen molar-refractivity contribution in [1.29, 1.82) is 0 Å². The number of nitrogens with one attached hydrogen (secondary N) is 1. The number of likely N-dealkylation sites (N-methyl/N-ethyl adjacent to an activating group) is 1. The van der Waals surface area contributed by atoms with Crippen molar-refractivity contribution in [2.75, 3.05) is 33.4 Å². The number of methoxy groups -OCH3 is 1. The smallest absolute Gasteiger partial charge is 0.230 e. The second-order valence-electron chi connectivity index (χ2n) is 7.38. The number of rotatable bonds is 9. The van der Waals surface area contributed by atoms with E-state index in [4.69, 9.17) is 14.2 Å². The van der Waals surface area contributed by atoms with E-state index >= 15 is 0 Å². The largest absolute Gasteiger partial charge is 0.493 e. The van der Waals surface area contributed by atoms with Crippen molar-refractivity contribution < 1.29 is 14.2 Å². The zero-order valence-corrected chi connectivity index (χ0v) is 18.4. The van der Waals surface area contributed by atoms with Crippen LogP contribution in [0.4, 0.5) is 0 Å². The van der Waals surface area contributed by atoms with Crippen molar-refractivity contribution in [3.8, 4) is 23.1 Å². The van der Waals surface area contributed by atoms with Gasteiger partial charge in [-0.15, -0.1) is 0 Å². The highest BCUT2D eigenvalue weighted by atomic mass is 16.5. The lowest BCUT2D eigenvalue weighted by Gasteiger charge is -2.19. The van der Waals surface area contributed by atoms with E-state index in [0.717, 1.165) is 47.1 Å². The van der Waals surface area contributed by atoms with Gasteiger partial charge in [0.25, 0.3) is 0 Å². The van der Waals surface area contributed by atoms with Crippen LogP contribution in [-0.2, 0) is 0 Å². The van der Waals surface area contributed by atoms with Gasteiger partial charge in [-0.3, -0.25) is 0 Å². The fraction of sp³-hybridized carbons (Fsp3) is 0.333. The predicted octanol–water partition coefficient (Wildman–Crippen LogP) is 4.94. The summed E-state index contributed by atoms with van der Waals surface area (Å²) in [6.45, 7) is 9.75. The van der Waals surface area contributed by atoms with Crippen LogP contribution in [0.3, 0.4) is 0 Å². The zero-order chi connectivity index (χ0) is 21.8. The molecule has 0 aliphatic carbocycles. The van der Waals surface area contributed by atoms with Gasteiger partial charge in [-0.05, 0) is 50.3 Å². The van der Waals surface area contributed by atoms with Crippen molar-refractivity contribution in [2.45, 2.75) is 20.8 Å². The van der Waals surface area contributed by atoms with Crippen molar-refractivity contribution in [3.63, 3.8) is 0 Å². The number of benzene rings is 2. The second-order valence-corrected chi connectivity index (χ2v) is 7.38. The number of aromatic amines is 1. The van der Waals surface area contributed by atoms with Crippen molar-refractivity contribution in [1.82, 2.24) is 19.9 Å². The van der Waals surface area contributed by atoms with Crippen LogP contribution in [0, 0.1) is 6.92 Å². The van der Waals surface area contributed by atoms with Gasteiger partial charge in [0.2, 0.25) is 5.88 Å². The van der Waals surface area contributed by atoms with Crippen LogP contribution in [0.25, 0.3) is 21.8 Å². The van der Waals surface area contributed by atoms with E-state index in [1.54, 1.807) is 7.11 Å². The van der Waals surface area contributed by atoms with E-state index in [1.807, 2.05) is 37.3 Å². The Morgan fingerprint density at radius 1 is 1.00 bits per heavy atom. The van der Waals surface area contributed by atoms with Gasteiger partial charge < -0.3 is 24.1 Å². The third-order valence-corrected chi connectivity index (χ3v) is 5.39. The molecule has 31 heavy (non-hydrogen) atoms. The fourth-order valence-electron chi connectivity index (χ4n) is 3.65. The molecule has 4 aromatic rings. The normalized spacial score (nSPS) is 11.4. The lowest BCUT2D eigenvalue weighted by Crippen LogP contribution is -2.27. The predicted molar refractivity (Wildman–Crippen MR) is 122 cm³/mol. The Hall–Kier alpha value is -3.32. The Balaban J connectivity index is 1.60. The minimum absolute atomic E-state index is 0.476. The molecule has 162 valence electrons. The van der Waals surface area contributed by atoms with Gasteiger partial charge in [0, 0.05) is 29.2 Å². The molecule has 0 amide bonds. The van der Waals surface area contributed by atoms with E-state index in [9.17, 15) is 0 Å². The van der Waals surface area contributed by atoms with E-state index in [1.165, 1.54) is 6.33 Å². The van der Waals surface area contributed by atoms with Crippen LogP contribution >= 0.6 is 0 Å². The standard InChI is InChI=1S/C24H28N4O3/c1-5-28(6-2)9-10-30-23-14-21-19(13-22(23)29-4)24(26-15-25-21)31-18-7-8-20-17(12-18)11-16(3)27-20/h7-8,11-15,27H,5-6,9-10H2,1-4H3. The third kappa shape index (κ3) is 4.56. The third-order valence-electron chi connectivity index (χ3n) is 5.39. The first-order valence-corrected chi connectivity index (χ1v) is 10.6. The first-order valence-electron chi connectivity index (χ1n) is 10.6.